The van der Waals surface area contributed by atoms with Crippen LogP contribution in [0, 0.1) is 5.82 Å². The lowest BCUT2D eigenvalue weighted by Gasteiger charge is -2.11. The maximum Gasteiger partial charge on any atom is 0.165 e. The molecule has 1 atom stereocenters. The highest BCUT2D eigenvalue weighted by atomic mass is 79.9. The minimum atomic E-state index is -0.316. The molecule has 1 rings (SSSR count). The monoisotopic (exact) mass is 275 g/mol. The van der Waals surface area contributed by atoms with Crippen LogP contribution >= 0.6 is 15.9 Å². The summed E-state index contributed by atoms with van der Waals surface area (Å²) in [5.74, 6) is -0.0319. The third-order valence-corrected chi connectivity index (χ3v) is 3.07. The fraction of sp³-hybridized carbons (Fsp3) is 0.455. The van der Waals surface area contributed by atoms with Crippen LogP contribution in [0.1, 0.15) is 12.5 Å². The van der Waals surface area contributed by atoms with Gasteiger partial charge in [0.2, 0.25) is 0 Å². The first kappa shape index (κ1) is 12.5. The standard InChI is InChI=1S/C11H15BrFNO/c1-8(6-12)14-7-9-3-4-11(15-2)10(13)5-9/h3-5,8,14H,6-7H2,1-2H3. The van der Waals surface area contributed by atoms with E-state index in [2.05, 4.69) is 28.2 Å². The Labute approximate surface area is 98.0 Å². The second-order valence-electron chi connectivity index (χ2n) is 3.41. The molecular formula is C11H15BrFNO. The molecule has 1 aromatic carbocycles. The lowest BCUT2D eigenvalue weighted by molar-refractivity contribution is 0.386. The van der Waals surface area contributed by atoms with Gasteiger partial charge in [0.15, 0.2) is 11.6 Å². The SMILES string of the molecule is COc1ccc(CNC(C)CBr)cc1F. The van der Waals surface area contributed by atoms with Gasteiger partial charge in [0.25, 0.3) is 0 Å². The molecule has 2 nitrogen and oxygen atoms in total. The summed E-state index contributed by atoms with van der Waals surface area (Å²) < 4.78 is 18.1. The smallest absolute Gasteiger partial charge is 0.165 e. The third-order valence-electron chi connectivity index (χ3n) is 2.10. The maximum atomic E-state index is 13.3. The molecule has 0 fully saturated rings. The minimum Gasteiger partial charge on any atom is -0.494 e. The van der Waals surface area contributed by atoms with E-state index in [0.29, 0.717) is 12.6 Å². The molecule has 1 unspecified atom stereocenters. The van der Waals surface area contributed by atoms with Crippen molar-refractivity contribution in [3.05, 3.63) is 29.6 Å². The third kappa shape index (κ3) is 3.80. The number of methoxy groups -OCH3 is 1. The molecule has 0 spiro atoms. The van der Waals surface area contributed by atoms with Gasteiger partial charge in [0.05, 0.1) is 7.11 Å². The Morgan fingerprint density at radius 3 is 2.80 bits per heavy atom. The topological polar surface area (TPSA) is 21.3 Å². The zero-order valence-electron chi connectivity index (χ0n) is 8.89. The first-order valence-corrected chi connectivity index (χ1v) is 5.91. The average molecular weight is 276 g/mol. The number of rotatable bonds is 5. The van der Waals surface area contributed by atoms with Gasteiger partial charge in [-0.25, -0.2) is 4.39 Å². The van der Waals surface area contributed by atoms with Crippen molar-refractivity contribution in [2.75, 3.05) is 12.4 Å². The fourth-order valence-corrected chi connectivity index (χ4v) is 1.40. The Morgan fingerprint density at radius 1 is 1.53 bits per heavy atom. The van der Waals surface area contributed by atoms with Crippen molar-refractivity contribution in [3.63, 3.8) is 0 Å². The van der Waals surface area contributed by atoms with Crippen molar-refractivity contribution < 1.29 is 9.13 Å². The predicted octanol–water partition coefficient (Wildman–Crippen LogP) is 2.71. The minimum absolute atomic E-state index is 0.285. The summed E-state index contributed by atoms with van der Waals surface area (Å²) in [4.78, 5) is 0. The van der Waals surface area contributed by atoms with Crippen molar-refractivity contribution in [2.45, 2.75) is 19.5 Å². The number of benzene rings is 1. The molecule has 15 heavy (non-hydrogen) atoms. The molecule has 0 saturated carbocycles. The summed E-state index contributed by atoms with van der Waals surface area (Å²) in [5.41, 5.74) is 0.918. The molecule has 84 valence electrons. The molecule has 4 heteroatoms. The first-order valence-electron chi connectivity index (χ1n) is 4.79. The Bertz CT molecular complexity index is 319. The van der Waals surface area contributed by atoms with E-state index < -0.39 is 0 Å². The Hall–Kier alpha value is -0.610. The van der Waals surface area contributed by atoms with Crippen LogP contribution in [0.4, 0.5) is 4.39 Å². The van der Waals surface area contributed by atoms with Crippen LogP contribution in [-0.2, 0) is 6.54 Å². The molecule has 0 aliphatic rings. The largest absolute Gasteiger partial charge is 0.494 e. The lowest BCUT2D eigenvalue weighted by atomic mass is 10.2. The summed E-state index contributed by atoms with van der Waals surface area (Å²) in [6.07, 6.45) is 0. The van der Waals surface area contributed by atoms with Gasteiger partial charge in [0.1, 0.15) is 0 Å². The highest BCUT2D eigenvalue weighted by Gasteiger charge is 2.04. The summed E-state index contributed by atoms with van der Waals surface area (Å²) >= 11 is 3.37. The number of halogens is 2. The molecule has 0 aliphatic carbocycles. The second-order valence-corrected chi connectivity index (χ2v) is 4.05. The van der Waals surface area contributed by atoms with Crippen LogP contribution in [-0.4, -0.2) is 18.5 Å². The molecule has 0 bridgehead atoms. The van der Waals surface area contributed by atoms with E-state index in [4.69, 9.17) is 4.74 Å². The Morgan fingerprint density at radius 2 is 2.27 bits per heavy atom. The fourth-order valence-electron chi connectivity index (χ4n) is 1.17. The van der Waals surface area contributed by atoms with Gasteiger partial charge >= 0.3 is 0 Å². The molecule has 0 aliphatic heterocycles. The molecule has 1 aromatic rings. The first-order chi connectivity index (χ1) is 7.17. The Kier molecular flexibility index (Phi) is 5.05. The quantitative estimate of drug-likeness (QED) is 0.835. The van der Waals surface area contributed by atoms with Crippen molar-refractivity contribution in [2.24, 2.45) is 0 Å². The average Bonchev–Trinajstić information content (AvgIpc) is 2.26. The number of nitrogens with one attached hydrogen (secondary N) is 1. The van der Waals surface area contributed by atoms with E-state index in [9.17, 15) is 4.39 Å². The van der Waals surface area contributed by atoms with Gasteiger partial charge in [-0.15, -0.1) is 0 Å². The van der Waals surface area contributed by atoms with E-state index in [1.54, 1.807) is 6.07 Å². The maximum absolute atomic E-state index is 13.3. The van der Waals surface area contributed by atoms with Crippen LogP contribution in [0.5, 0.6) is 5.75 Å². The summed E-state index contributed by atoms with van der Waals surface area (Å²) in [7, 11) is 1.46. The number of alkyl halides is 1. The van der Waals surface area contributed by atoms with Crippen LogP contribution < -0.4 is 10.1 Å². The molecule has 0 amide bonds. The van der Waals surface area contributed by atoms with E-state index in [0.717, 1.165) is 10.9 Å². The Balaban J connectivity index is 2.59. The van der Waals surface area contributed by atoms with Gasteiger partial charge < -0.3 is 10.1 Å². The zero-order valence-corrected chi connectivity index (χ0v) is 10.5. The predicted molar refractivity (Wildman–Crippen MR) is 63.0 cm³/mol. The van der Waals surface area contributed by atoms with E-state index >= 15 is 0 Å². The molecular weight excluding hydrogens is 261 g/mol. The van der Waals surface area contributed by atoms with E-state index in [-0.39, 0.29) is 11.6 Å². The molecule has 0 saturated heterocycles. The molecule has 0 radical (unpaired) electrons. The van der Waals surface area contributed by atoms with Crippen molar-refractivity contribution >= 4 is 15.9 Å². The zero-order chi connectivity index (χ0) is 11.3. The van der Waals surface area contributed by atoms with Crippen LogP contribution in [0.25, 0.3) is 0 Å². The van der Waals surface area contributed by atoms with Crippen molar-refractivity contribution in [1.29, 1.82) is 0 Å². The highest BCUT2D eigenvalue weighted by molar-refractivity contribution is 9.09. The number of hydrogen-bond donors (Lipinski definition) is 1. The van der Waals surface area contributed by atoms with Crippen LogP contribution in [0.3, 0.4) is 0 Å². The van der Waals surface area contributed by atoms with Crippen molar-refractivity contribution in [3.8, 4) is 5.75 Å². The van der Waals surface area contributed by atoms with Gasteiger partial charge in [-0.1, -0.05) is 22.0 Å². The lowest BCUT2D eigenvalue weighted by Crippen LogP contribution is -2.26. The molecule has 1 N–H and O–H groups in total. The van der Waals surface area contributed by atoms with Gasteiger partial charge in [-0.05, 0) is 24.6 Å². The second kappa shape index (κ2) is 6.08. The van der Waals surface area contributed by atoms with Crippen molar-refractivity contribution in [1.82, 2.24) is 5.32 Å². The van der Waals surface area contributed by atoms with E-state index in [1.807, 2.05) is 6.07 Å². The van der Waals surface area contributed by atoms with Crippen LogP contribution in [0.2, 0.25) is 0 Å². The molecule has 0 heterocycles. The highest BCUT2D eigenvalue weighted by Crippen LogP contribution is 2.17. The number of ether oxygens (including phenoxy) is 1. The van der Waals surface area contributed by atoms with Gasteiger partial charge in [-0.3, -0.25) is 0 Å². The summed E-state index contributed by atoms with van der Waals surface area (Å²) in [6.45, 7) is 2.72. The van der Waals surface area contributed by atoms with Gasteiger partial charge in [-0.2, -0.15) is 0 Å². The van der Waals surface area contributed by atoms with E-state index in [1.165, 1.54) is 13.2 Å². The van der Waals surface area contributed by atoms with Crippen LogP contribution in [0.15, 0.2) is 18.2 Å². The molecule has 0 aromatic heterocycles. The van der Waals surface area contributed by atoms with Gasteiger partial charge in [0, 0.05) is 17.9 Å². The summed E-state index contributed by atoms with van der Waals surface area (Å²) in [6, 6.07) is 5.36. The normalized spacial score (nSPS) is 12.5. The summed E-state index contributed by atoms with van der Waals surface area (Å²) in [5, 5.41) is 4.14. The number of hydrogen-bond acceptors (Lipinski definition) is 2.